The van der Waals surface area contributed by atoms with E-state index in [-0.39, 0.29) is 5.75 Å². The molecule has 0 bridgehead atoms. The third-order valence-corrected chi connectivity index (χ3v) is 2.62. The highest BCUT2D eigenvalue weighted by Crippen LogP contribution is 2.12. The zero-order chi connectivity index (χ0) is 10.1. The standard InChI is InChI=1S/C8H10ClNO2S/c1-6-7(5-13(2,11)12)3-4-8(9)10-6/h3-4H,5H2,1-2H3. The van der Waals surface area contributed by atoms with Crippen molar-refractivity contribution >= 4 is 21.4 Å². The quantitative estimate of drug-likeness (QED) is 0.710. The zero-order valence-corrected chi connectivity index (χ0v) is 8.98. The molecule has 0 radical (unpaired) electrons. The lowest BCUT2D eigenvalue weighted by molar-refractivity contribution is 0.601. The summed E-state index contributed by atoms with van der Waals surface area (Å²) >= 11 is 5.63. The van der Waals surface area contributed by atoms with Crippen LogP contribution in [-0.2, 0) is 15.6 Å². The van der Waals surface area contributed by atoms with Crippen LogP contribution in [0, 0.1) is 6.92 Å². The molecule has 0 spiro atoms. The van der Waals surface area contributed by atoms with E-state index in [1.165, 1.54) is 6.26 Å². The fourth-order valence-corrected chi connectivity index (χ4v) is 2.05. The van der Waals surface area contributed by atoms with Crippen LogP contribution in [0.1, 0.15) is 11.3 Å². The predicted molar refractivity (Wildman–Crippen MR) is 52.5 cm³/mol. The minimum Gasteiger partial charge on any atom is -0.241 e. The summed E-state index contributed by atoms with van der Waals surface area (Å²) in [6.45, 7) is 1.74. The molecule has 0 fully saturated rings. The van der Waals surface area contributed by atoms with E-state index < -0.39 is 9.84 Å². The average Bonchev–Trinajstić information content (AvgIpc) is 1.93. The van der Waals surface area contributed by atoms with Crippen molar-refractivity contribution < 1.29 is 8.42 Å². The minimum atomic E-state index is -3.00. The first-order valence-electron chi connectivity index (χ1n) is 3.68. The van der Waals surface area contributed by atoms with E-state index in [4.69, 9.17) is 11.6 Å². The van der Waals surface area contributed by atoms with Crippen LogP contribution >= 0.6 is 11.6 Å². The molecule has 0 amide bonds. The number of pyridine rings is 1. The molecule has 0 atom stereocenters. The Hall–Kier alpha value is -0.610. The lowest BCUT2D eigenvalue weighted by Crippen LogP contribution is -2.03. The van der Waals surface area contributed by atoms with Crippen LogP contribution in [-0.4, -0.2) is 19.7 Å². The third kappa shape index (κ3) is 3.32. The number of aromatic nitrogens is 1. The Morgan fingerprint density at radius 2 is 2.08 bits per heavy atom. The summed E-state index contributed by atoms with van der Waals surface area (Å²) in [7, 11) is -3.00. The molecular weight excluding hydrogens is 210 g/mol. The van der Waals surface area contributed by atoms with Gasteiger partial charge in [-0.25, -0.2) is 13.4 Å². The third-order valence-electron chi connectivity index (χ3n) is 1.58. The molecule has 0 unspecified atom stereocenters. The van der Waals surface area contributed by atoms with E-state index in [1.807, 2.05) is 0 Å². The van der Waals surface area contributed by atoms with Gasteiger partial charge in [-0.05, 0) is 18.6 Å². The molecule has 0 aliphatic carbocycles. The van der Waals surface area contributed by atoms with Crippen LogP contribution in [0.4, 0.5) is 0 Å². The van der Waals surface area contributed by atoms with Crippen molar-refractivity contribution in [2.24, 2.45) is 0 Å². The van der Waals surface area contributed by atoms with Gasteiger partial charge in [-0.15, -0.1) is 0 Å². The summed E-state index contributed by atoms with van der Waals surface area (Å²) in [5.41, 5.74) is 1.37. The molecule has 1 heterocycles. The number of hydrogen-bond acceptors (Lipinski definition) is 3. The van der Waals surface area contributed by atoms with E-state index in [0.717, 1.165) is 0 Å². The Morgan fingerprint density at radius 1 is 1.46 bits per heavy atom. The minimum absolute atomic E-state index is 0.0169. The molecule has 1 aromatic heterocycles. The molecule has 13 heavy (non-hydrogen) atoms. The normalized spacial score (nSPS) is 11.6. The Labute approximate surface area is 82.7 Å². The number of rotatable bonds is 2. The van der Waals surface area contributed by atoms with Gasteiger partial charge >= 0.3 is 0 Å². The highest BCUT2D eigenvalue weighted by Gasteiger charge is 2.07. The monoisotopic (exact) mass is 219 g/mol. The molecular formula is C8H10ClNO2S. The van der Waals surface area contributed by atoms with Crippen molar-refractivity contribution in [2.75, 3.05) is 6.26 Å². The second-order valence-corrected chi connectivity index (χ2v) is 5.48. The van der Waals surface area contributed by atoms with Crippen LogP contribution in [0.2, 0.25) is 5.15 Å². The molecule has 0 N–H and O–H groups in total. The van der Waals surface area contributed by atoms with Gasteiger partial charge in [0.15, 0.2) is 9.84 Å². The summed E-state index contributed by atoms with van der Waals surface area (Å²) in [5, 5.41) is 0.384. The highest BCUT2D eigenvalue weighted by atomic mass is 35.5. The van der Waals surface area contributed by atoms with Crippen LogP contribution in [0.25, 0.3) is 0 Å². The summed E-state index contributed by atoms with van der Waals surface area (Å²) in [4.78, 5) is 3.96. The second-order valence-electron chi connectivity index (χ2n) is 2.95. The average molecular weight is 220 g/mol. The number of nitrogens with zero attached hydrogens (tertiary/aromatic N) is 1. The van der Waals surface area contributed by atoms with Gasteiger partial charge in [-0.2, -0.15) is 0 Å². The van der Waals surface area contributed by atoms with Crippen LogP contribution in [0.3, 0.4) is 0 Å². The Kier molecular flexibility index (Phi) is 2.93. The molecule has 0 aliphatic heterocycles. The fraction of sp³-hybridized carbons (Fsp3) is 0.375. The summed E-state index contributed by atoms with van der Waals surface area (Å²) in [6, 6.07) is 3.28. The molecule has 0 aromatic carbocycles. The molecule has 0 saturated carbocycles. The van der Waals surface area contributed by atoms with Gasteiger partial charge < -0.3 is 0 Å². The van der Waals surface area contributed by atoms with E-state index in [0.29, 0.717) is 16.4 Å². The number of hydrogen-bond donors (Lipinski definition) is 0. The lowest BCUT2D eigenvalue weighted by atomic mass is 10.2. The first-order chi connectivity index (χ1) is 5.88. The predicted octanol–water partition coefficient (Wildman–Crippen LogP) is 1.59. The molecule has 72 valence electrons. The first kappa shape index (κ1) is 10.5. The van der Waals surface area contributed by atoms with Crippen molar-refractivity contribution in [3.8, 4) is 0 Å². The van der Waals surface area contributed by atoms with Crippen molar-refractivity contribution in [3.05, 3.63) is 28.5 Å². The van der Waals surface area contributed by atoms with Gasteiger partial charge in [-0.1, -0.05) is 17.7 Å². The zero-order valence-electron chi connectivity index (χ0n) is 7.41. The smallest absolute Gasteiger partial charge is 0.151 e. The molecule has 5 heteroatoms. The maximum absolute atomic E-state index is 11.0. The van der Waals surface area contributed by atoms with Crippen molar-refractivity contribution in [1.82, 2.24) is 4.98 Å². The Balaban J connectivity index is 3.04. The van der Waals surface area contributed by atoms with Gasteiger partial charge in [0.1, 0.15) is 5.15 Å². The van der Waals surface area contributed by atoms with Crippen LogP contribution < -0.4 is 0 Å². The van der Waals surface area contributed by atoms with Crippen LogP contribution in [0.15, 0.2) is 12.1 Å². The van der Waals surface area contributed by atoms with Gasteiger partial charge in [0.05, 0.1) is 5.75 Å². The molecule has 1 rings (SSSR count). The number of halogens is 1. The SMILES string of the molecule is Cc1nc(Cl)ccc1CS(C)(=O)=O. The molecule has 1 aromatic rings. The maximum Gasteiger partial charge on any atom is 0.151 e. The molecule has 0 saturated heterocycles. The number of sulfone groups is 1. The highest BCUT2D eigenvalue weighted by molar-refractivity contribution is 7.89. The summed E-state index contributed by atoms with van der Waals surface area (Å²) in [6.07, 6.45) is 1.20. The van der Waals surface area contributed by atoms with Crippen molar-refractivity contribution in [2.45, 2.75) is 12.7 Å². The largest absolute Gasteiger partial charge is 0.241 e. The van der Waals surface area contributed by atoms with Crippen LogP contribution in [0.5, 0.6) is 0 Å². The second kappa shape index (κ2) is 3.64. The van der Waals surface area contributed by atoms with Crippen molar-refractivity contribution in [3.63, 3.8) is 0 Å². The van der Waals surface area contributed by atoms with Crippen molar-refractivity contribution in [1.29, 1.82) is 0 Å². The Morgan fingerprint density at radius 3 is 2.54 bits per heavy atom. The fourth-order valence-electron chi connectivity index (χ4n) is 0.994. The Bertz CT molecular complexity index is 414. The summed E-state index contributed by atoms with van der Waals surface area (Å²) < 4.78 is 22.0. The van der Waals surface area contributed by atoms with E-state index >= 15 is 0 Å². The van der Waals surface area contributed by atoms with Gasteiger partial charge in [0, 0.05) is 11.9 Å². The van der Waals surface area contributed by atoms with Gasteiger partial charge in [0.25, 0.3) is 0 Å². The lowest BCUT2D eigenvalue weighted by Gasteiger charge is -2.02. The maximum atomic E-state index is 11.0. The van der Waals surface area contributed by atoms with E-state index in [9.17, 15) is 8.42 Å². The molecule has 3 nitrogen and oxygen atoms in total. The van der Waals surface area contributed by atoms with Gasteiger partial charge in [-0.3, -0.25) is 0 Å². The van der Waals surface area contributed by atoms with Gasteiger partial charge in [0.2, 0.25) is 0 Å². The summed E-state index contributed by atoms with van der Waals surface area (Å²) in [5.74, 6) is 0.0169. The van der Waals surface area contributed by atoms with E-state index in [2.05, 4.69) is 4.98 Å². The first-order valence-corrected chi connectivity index (χ1v) is 6.12. The number of aryl methyl sites for hydroxylation is 1. The topological polar surface area (TPSA) is 47.0 Å². The molecule has 0 aliphatic rings. The van der Waals surface area contributed by atoms with E-state index in [1.54, 1.807) is 19.1 Å².